The molecular weight excluding hydrogens is 813 g/mol. The number of hydrogen-bond acceptors (Lipinski definition) is 3. The number of fused-ring (bicyclic) bond motifs is 3. The van der Waals surface area contributed by atoms with Gasteiger partial charge in [-0.25, -0.2) is 4.98 Å². The zero-order valence-electron chi connectivity index (χ0n) is 36.5. The lowest BCUT2D eigenvalue weighted by Crippen LogP contribution is -2.07. The number of aromatic nitrogens is 4. The van der Waals surface area contributed by atoms with Crippen LogP contribution in [0.5, 0.6) is 0 Å². The van der Waals surface area contributed by atoms with Crippen LogP contribution in [0.25, 0.3) is 117 Å². The van der Waals surface area contributed by atoms with Gasteiger partial charge in [-0.1, -0.05) is 237 Å². The maximum absolute atomic E-state index is 5.46. The maximum atomic E-state index is 5.46. The Morgan fingerprint density at radius 3 is 1.09 bits per heavy atom. The van der Waals surface area contributed by atoms with Crippen LogP contribution in [0.1, 0.15) is 0 Å². The Morgan fingerprint density at radius 2 is 0.612 bits per heavy atom. The predicted octanol–water partition coefficient (Wildman–Crippen LogP) is 16.3. The van der Waals surface area contributed by atoms with E-state index in [0.717, 1.165) is 88.6 Å². The summed E-state index contributed by atoms with van der Waals surface area (Å²) >= 11 is 0. The molecule has 0 saturated carbocycles. The van der Waals surface area contributed by atoms with Crippen molar-refractivity contribution in [3.05, 3.63) is 255 Å². The van der Waals surface area contributed by atoms with Gasteiger partial charge in [-0.2, -0.15) is 9.97 Å². The molecular formula is C63H42N4. The molecule has 0 aliphatic rings. The van der Waals surface area contributed by atoms with Gasteiger partial charge in [-0.05, 0) is 68.3 Å². The summed E-state index contributed by atoms with van der Waals surface area (Å²) < 4.78 is 2.31. The largest absolute Gasteiger partial charge is 0.277 e. The lowest BCUT2D eigenvalue weighted by atomic mass is 9.80. The van der Waals surface area contributed by atoms with Crippen LogP contribution in [-0.2, 0) is 0 Å². The summed E-state index contributed by atoms with van der Waals surface area (Å²) in [6.07, 6.45) is 0. The summed E-state index contributed by atoms with van der Waals surface area (Å²) in [5.74, 6) is 1.74. The first-order valence-electron chi connectivity index (χ1n) is 22.7. The molecule has 67 heavy (non-hydrogen) atoms. The molecule has 4 heteroatoms. The second-order valence-corrected chi connectivity index (χ2v) is 16.7. The fraction of sp³-hybridized carbons (Fsp3) is 0. The lowest BCUT2D eigenvalue weighted by molar-refractivity contribution is 0.954. The summed E-state index contributed by atoms with van der Waals surface area (Å²) in [6.45, 7) is 0. The number of hydrogen-bond donors (Lipinski definition) is 0. The molecule has 314 valence electrons. The van der Waals surface area contributed by atoms with Gasteiger partial charge in [0.25, 0.3) is 0 Å². The Balaban J connectivity index is 1.31. The fourth-order valence-electron chi connectivity index (χ4n) is 9.63. The van der Waals surface area contributed by atoms with Gasteiger partial charge in [-0.15, -0.1) is 0 Å². The Labute approximate surface area is 389 Å². The van der Waals surface area contributed by atoms with Crippen LogP contribution in [0.4, 0.5) is 0 Å². The van der Waals surface area contributed by atoms with Crippen LogP contribution in [0.2, 0.25) is 0 Å². The minimum Gasteiger partial charge on any atom is -0.277 e. The van der Waals surface area contributed by atoms with Crippen molar-refractivity contribution in [2.24, 2.45) is 0 Å². The Bertz CT molecular complexity index is 3630. The first kappa shape index (κ1) is 39.6. The molecule has 10 aromatic carbocycles. The minimum atomic E-state index is 0.536. The van der Waals surface area contributed by atoms with E-state index in [2.05, 4.69) is 223 Å². The van der Waals surface area contributed by atoms with E-state index in [1.165, 1.54) is 11.1 Å². The molecule has 0 radical (unpaired) electrons. The maximum Gasteiger partial charge on any atom is 0.238 e. The van der Waals surface area contributed by atoms with E-state index in [0.29, 0.717) is 17.6 Å². The third-order valence-corrected chi connectivity index (χ3v) is 12.6. The van der Waals surface area contributed by atoms with Gasteiger partial charge in [0.1, 0.15) is 0 Å². The zero-order chi connectivity index (χ0) is 44.5. The van der Waals surface area contributed by atoms with Crippen LogP contribution in [0.3, 0.4) is 0 Å². The van der Waals surface area contributed by atoms with Crippen LogP contribution >= 0.6 is 0 Å². The van der Waals surface area contributed by atoms with Gasteiger partial charge in [-0.3, -0.25) is 4.57 Å². The average molecular weight is 855 g/mol. The van der Waals surface area contributed by atoms with E-state index in [4.69, 9.17) is 15.0 Å². The van der Waals surface area contributed by atoms with Crippen molar-refractivity contribution in [1.82, 2.24) is 19.5 Å². The zero-order valence-corrected chi connectivity index (χ0v) is 36.5. The summed E-state index contributed by atoms with van der Waals surface area (Å²) in [4.78, 5) is 16.1. The molecule has 2 heterocycles. The normalized spacial score (nSPS) is 11.3. The number of benzene rings is 10. The predicted molar refractivity (Wildman–Crippen MR) is 278 cm³/mol. The highest BCUT2D eigenvalue weighted by Crippen LogP contribution is 2.54. The molecule has 0 saturated heterocycles. The fourth-order valence-corrected chi connectivity index (χ4v) is 9.63. The average Bonchev–Trinajstić information content (AvgIpc) is 3.76. The molecule has 0 aliphatic heterocycles. The highest BCUT2D eigenvalue weighted by molar-refractivity contribution is 6.26. The smallest absolute Gasteiger partial charge is 0.238 e. The molecule has 12 aromatic rings. The highest BCUT2D eigenvalue weighted by Gasteiger charge is 2.30. The molecule has 0 amide bonds. The minimum absolute atomic E-state index is 0.536. The van der Waals surface area contributed by atoms with E-state index in [1.54, 1.807) is 0 Å². The van der Waals surface area contributed by atoms with Crippen LogP contribution in [0.15, 0.2) is 255 Å². The SMILES string of the molecule is c1ccc(-c2cccc(-c3ccc4c(c3)c3c(-c5ccccc5)c(-c5ccccc5)c(-c5ccccc5)c(-c5ccccc5)c3n4-c3nc(-c4ccccc4)nc(-c4ccccc4)n3)c2)cc1. The first-order valence-corrected chi connectivity index (χ1v) is 22.7. The highest BCUT2D eigenvalue weighted by atomic mass is 15.2. The second-order valence-electron chi connectivity index (χ2n) is 16.7. The van der Waals surface area contributed by atoms with Crippen molar-refractivity contribution in [2.45, 2.75) is 0 Å². The van der Waals surface area contributed by atoms with Gasteiger partial charge < -0.3 is 0 Å². The standard InChI is InChI=1S/C63H42N4/c1-8-23-43(24-9-1)50-37-22-38-51(41-50)52-39-40-54-53(42-52)59-57(46-29-14-4-15-30-46)55(44-25-10-2-11-26-44)56(45-27-12-3-13-28-45)58(47-31-16-5-17-32-47)60(59)67(54)63-65-61(48-33-18-6-19-34-48)64-62(66-63)49-35-20-7-21-36-49/h1-42H. The Morgan fingerprint density at radius 1 is 0.254 bits per heavy atom. The van der Waals surface area contributed by atoms with Crippen LogP contribution < -0.4 is 0 Å². The Hall–Kier alpha value is -8.99. The van der Waals surface area contributed by atoms with Gasteiger partial charge in [0.2, 0.25) is 5.95 Å². The molecule has 0 bridgehead atoms. The van der Waals surface area contributed by atoms with Crippen molar-refractivity contribution in [3.8, 4) is 95.5 Å². The number of rotatable bonds is 9. The quantitative estimate of drug-likeness (QED) is 0.145. The van der Waals surface area contributed by atoms with E-state index < -0.39 is 0 Å². The molecule has 0 N–H and O–H groups in total. The third kappa shape index (κ3) is 7.27. The summed E-state index contributed by atoms with van der Waals surface area (Å²) in [5.41, 5.74) is 17.4. The molecule has 0 atom stereocenters. The molecule has 4 nitrogen and oxygen atoms in total. The van der Waals surface area contributed by atoms with Gasteiger partial charge in [0, 0.05) is 38.6 Å². The molecule has 0 aliphatic carbocycles. The van der Waals surface area contributed by atoms with Gasteiger partial charge in [0.05, 0.1) is 11.0 Å². The van der Waals surface area contributed by atoms with Crippen LogP contribution in [0, 0.1) is 0 Å². The molecule has 0 fully saturated rings. The van der Waals surface area contributed by atoms with Crippen LogP contribution in [-0.4, -0.2) is 19.5 Å². The van der Waals surface area contributed by atoms with E-state index in [1.807, 2.05) is 36.4 Å². The summed E-state index contributed by atoms with van der Waals surface area (Å²) in [5, 5.41) is 2.20. The first-order chi connectivity index (χ1) is 33.3. The van der Waals surface area contributed by atoms with Gasteiger partial charge in [0.15, 0.2) is 11.6 Å². The van der Waals surface area contributed by atoms with Gasteiger partial charge >= 0.3 is 0 Å². The van der Waals surface area contributed by atoms with Crippen molar-refractivity contribution in [1.29, 1.82) is 0 Å². The molecule has 2 aromatic heterocycles. The van der Waals surface area contributed by atoms with Crippen molar-refractivity contribution in [2.75, 3.05) is 0 Å². The summed E-state index contributed by atoms with van der Waals surface area (Å²) in [6, 6.07) is 90.3. The van der Waals surface area contributed by atoms with E-state index >= 15 is 0 Å². The van der Waals surface area contributed by atoms with E-state index in [9.17, 15) is 0 Å². The summed E-state index contributed by atoms with van der Waals surface area (Å²) in [7, 11) is 0. The molecule has 12 rings (SSSR count). The third-order valence-electron chi connectivity index (χ3n) is 12.6. The molecule has 0 spiro atoms. The topological polar surface area (TPSA) is 43.6 Å². The monoisotopic (exact) mass is 854 g/mol. The Kier molecular flexibility index (Phi) is 10.2. The van der Waals surface area contributed by atoms with Crippen molar-refractivity contribution < 1.29 is 0 Å². The van der Waals surface area contributed by atoms with Crippen molar-refractivity contribution in [3.63, 3.8) is 0 Å². The van der Waals surface area contributed by atoms with E-state index in [-0.39, 0.29) is 0 Å². The van der Waals surface area contributed by atoms with Crippen molar-refractivity contribution >= 4 is 21.8 Å². The number of nitrogens with zero attached hydrogens (tertiary/aromatic N) is 4. The second kappa shape index (κ2) is 17.2. The lowest BCUT2D eigenvalue weighted by Gasteiger charge is -2.24. The molecule has 0 unspecified atom stereocenters.